The molecule has 0 amide bonds. The molecule has 0 aliphatic heterocycles. The summed E-state index contributed by atoms with van der Waals surface area (Å²) in [6.07, 6.45) is 5.98. The van der Waals surface area contributed by atoms with E-state index in [-0.39, 0.29) is 0 Å². The molecule has 7 nitrogen and oxygen atoms in total. The van der Waals surface area contributed by atoms with Crippen molar-refractivity contribution in [2.75, 3.05) is 6.61 Å². The molecule has 26 heavy (non-hydrogen) atoms. The number of rotatable bonds is 7. The Bertz CT molecular complexity index is 869. The van der Waals surface area contributed by atoms with Crippen molar-refractivity contribution in [1.29, 1.82) is 0 Å². The second-order valence-electron chi connectivity index (χ2n) is 5.93. The summed E-state index contributed by atoms with van der Waals surface area (Å²) in [7, 11) is 0. The Morgan fingerprint density at radius 2 is 2.00 bits per heavy atom. The fourth-order valence-electron chi connectivity index (χ4n) is 2.74. The number of ether oxygens (including phenoxy) is 1. The predicted octanol–water partition coefficient (Wildman–Crippen LogP) is 2.19. The lowest BCUT2D eigenvalue weighted by atomic mass is 10.0. The van der Waals surface area contributed by atoms with E-state index in [9.17, 15) is 4.79 Å². The summed E-state index contributed by atoms with van der Waals surface area (Å²) in [6, 6.07) is 9.08. The molecular weight excluding hydrogens is 330 g/mol. The first-order valence-corrected chi connectivity index (χ1v) is 8.71. The first kappa shape index (κ1) is 17.9. The number of nitrogens with two attached hydrogens (primary N) is 1. The van der Waals surface area contributed by atoms with Gasteiger partial charge in [0.05, 0.1) is 24.2 Å². The van der Waals surface area contributed by atoms with Gasteiger partial charge in [0.2, 0.25) is 0 Å². The Hall–Kier alpha value is -2.93. The van der Waals surface area contributed by atoms with Gasteiger partial charge in [-0.15, -0.1) is 0 Å². The summed E-state index contributed by atoms with van der Waals surface area (Å²) in [5.74, 6) is -0.407. The number of carbonyl (C=O) groups excluding carboxylic acids is 1. The monoisotopic (exact) mass is 353 g/mol. The number of benzene rings is 1. The number of nitrogens with zero attached hydrogens (tertiary/aromatic N) is 4. The molecule has 136 valence electrons. The molecule has 0 saturated heterocycles. The summed E-state index contributed by atoms with van der Waals surface area (Å²) in [6.45, 7) is 4.88. The molecule has 0 spiro atoms. The zero-order valence-electron chi connectivity index (χ0n) is 15.0. The van der Waals surface area contributed by atoms with E-state index >= 15 is 0 Å². The minimum Gasteiger partial charge on any atom is -0.465 e. The molecule has 2 N–H and O–H groups in total. The largest absolute Gasteiger partial charge is 0.465 e. The normalized spacial score (nSPS) is 12.1. The zero-order chi connectivity index (χ0) is 18.5. The maximum Gasteiger partial charge on any atom is 0.323 e. The lowest BCUT2D eigenvalue weighted by molar-refractivity contribution is -0.144. The van der Waals surface area contributed by atoms with Gasteiger partial charge in [-0.2, -0.15) is 10.2 Å². The Balaban J connectivity index is 1.97. The van der Waals surface area contributed by atoms with E-state index in [0.717, 1.165) is 29.1 Å². The van der Waals surface area contributed by atoms with Crippen LogP contribution in [0, 0.1) is 0 Å². The van der Waals surface area contributed by atoms with Crippen molar-refractivity contribution in [3.8, 4) is 16.9 Å². The molecule has 0 aliphatic carbocycles. The summed E-state index contributed by atoms with van der Waals surface area (Å²) in [5.41, 5.74) is 9.51. The van der Waals surface area contributed by atoms with Crippen LogP contribution in [0.5, 0.6) is 0 Å². The quantitative estimate of drug-likeness (QED) is 0.658. The van der Waals surface area contributed by atoms with Gasteiger partial charge in [-0.05, 0) is 26.0 Å². The van der Waals surface area contributed by atoms with E-state index in [1.54, 1.807) is 17.8 Å². The van der Waals surface area contributed by atoms with Crippen molar-refractivity contribution in [3.05, 3.63) is 54.5 Å². The molecule has 3 rings (SSSR count). The molecular formula is C19H23N5O2. The summed E-state index contributed by atoms with van der Waals surface area (Å²) < 4.78 is 8.66. The molecule has 0 aliphatic rings. The van der Waals surface area contributed by atoms with Crippen molar-refractivity contribution in [2.45, 2.75) is 32.9 Å². The maximum atomic E-state index is 11.9. The van der Waals surface area contributed by atoms with Crippen LogP contribution >= 0.6 is 0 Å². The Labute approximate surface area is 152 Å². The second kappa shape index (κ2) is 7.97. The predicted molar refractivity (Wildman–Crippen MR) is 98.8 cm³/mol. The lowest BCUT2D eigenvalue weighted by Gasteiger charge is -2.09. The smallest absolute Gasteiger partial charge is 0.323 e. The number of esters is 1. The Morgan fingerprint density at radius 1 is 1.23 bits per heavy atom. The number of carbonyl (C=O) groups is 1. The SMILES string of the molecule is CCOC(=O)C(N)Cc1cn(-c2ccccc2)nc1-c1cnn(CC)c1. The number of hydrogen-bond donors (Lipinski definition) is 1. The highest BCUT2D eigenvalue weighted by molar-refractivity contribution is 5.76. The van der Waals surface area contributed by atoms with Crippen molar-refractivity contribution >= 4 is 5.97 Å². The van der Waals surface area contributed by atoms with Crippen molar-refractivity contribution in [2.24, 2.45) is 5.73 Å². The third kappa shape index (κ3) is 3.83. The van der Waals surface area contributed by atoms with Crippen LogP contribution < -0.4 is 5.73 Å². The Morgan fingerprint density at radius 3 is 2.65 bits per heavy atom. The molecule has 1 aromatic carbocycles. The van der Waals surface area contributed by atoms with Crippen molar-refractivity contribution < 1.29 is 9.53 Å². The van der Waals surface area contributed by atoms with E-state index in [1.807, 2.05) is 54.3 Å². The summed E-state index contributed by atoms with van der Waals surface area (Å²) >= 11 is 0. The van der Waals surface area contributed by atoms with Crippen LogP contribution in [0.4, 0.5) is 0 Å². The number of aryl methyl sites for hydroxylation is 1. The minimum absolute atomic E-state index is 0.311. The van der Waals surface area contributed by atoms with Crippen molar-refractivity contribution in [1.82, 2.24) is 19.6 Å². The van der Waals surface area contributed by atoms with Crippen LogP contribution in [0.25, 0.3) is 16.9 Å². The highest BCUT2D eigenvalue weighted by Crippen LogP contribution is 2.24. The minimum atomic E-state index is -0.733. The van der Waals surface area contributed by atoms with Gasteiger partial charge in [-0.3, -0.25) is 9.48 Å². The van der Waals surface area contributed by atoms with Crippen molar-refractivity contribution in [3.63, 3.8) is 0 Å². The van der Waals surface area contributed by atoms with E-state index < -0.39 is 12.0 Å². The fourth-order valence-corrected chi connectivity index (χ4v) is 2.74. The van der Waals surface area contributed by atoms with Crippen LogP contribution in [0.1, 0.15) is 19.4 Å². The van der Waals surface area contributed by atoms with E-state index in [1.165, 1.54) is 0 Å². The van der Waals surface area contributed by atoms with Gasteiger partial charge in [0.25, 0.3) is 0 Å². The molecule has 2 aromatic heterocycles. The van der Waals surface area contributed by atoms with Gasteiger partial charge in [-0.1, -0.05) is 18.2 Å². The molecule has 0 bridgehead atoms. The highest BCUT2D eigenvalue weighted by atomic mass is 16.5. The first-order valence-electron chi connectivity index (χ1n) is 8.71. The molecule has 0 saturated carbocycles. The molecule has 3 aromatic rings. The van der Waals surface area contributed by atoms with Crippen LogP contribution in [-0.4, -0.2) is 38.2 Å². The number of hydrogen-bond acceptors (Lipinski definition) is 5. The third-order valence-corrected chi connectivity index (χ3v) is 4.07. The van der Waals surface area contributed by atoms with E-state index in [4.69, 9.17) is 15.6 Å². The summed E-state index contributed by atoms with van der Waals surface area (Å²) in [4.78, 5) is 11.9. The van der Waals surface area contributed by atoms with Gasteiger partial charge in [-0.25, -0.2) is 4.68 Å². The van der Waals surface area contributed by atoms with Gasteiger partial charge < -0.3 is 10.5 Å². The Kier molecular flexibility index (Phi) is 5.48. The van der Waals surface area contributed by atoms with Crippen LogP contribution in [0.2, 0.25) is 0 Å². The molecule has 7 heteroatoms. The fraction of sp³-hybridized carbons (Fsp3) is 0.316. The van der Waals surface area contributed by atoms with Gasteiger partial charge in [0.15, 0.2) is 0 Å². The van der Waals surface area contributed by atoms with Gasteiger partial charge in [0, 0.05) is 36.5 Å². The lowest BCUT2D eigenvalue weighted by Crippen LogP contribution is -2.34. The zero-order valence-corrected chi connectivity index (χ0v) is 15.0. The average Bonchev–Trinajstić information content (AvgIpc) is 3.29. The number of aromatic nitrogens is 4. The maximum absolute atomic E-state index is 11.9. The van der Waals surface area contributed by atoms with Gasteiger partial charge in [0.1, 0.15) is 6.04 Å². The average molecular weight is 353 g/mol. The molecule has 0 fully saturated rings. The summed E-state index contributed by atoms with van der Waals surface area (Å²) in [5, 5.41) is 9.03. The molecule has 1 atom stereocenters. The van der Waals surface area contributed by atoms with Crippen LogP contribution in [0.15, 0.2) is 48.9 Å². The first-order chi connectivity index (χ1) is 12.6. The van der Waals surface area contributed by atoms with E-state index in [0.29, 0.717) is 13.0 Å². The van der Waals surface area contributed by atoms with Crippen LogP contribution in [0.3, 0.4) is 0 Å². The van der Waals surface area contributed by atoms with Gasteiger partial charge >= 0.3 is 5.97 Å². The molecule has 2 heterocycles. The third-order valence-electron chi connectivity index (χ3n) is 4.07. The highest BCUT2D eigenvalue weighted by Gasteiger charge is 2.21. The standard InChI is InChI=1S/C19H23N5O2/c1-3-23-12-15(11-21-23)18-14(10-17(20)19(25)26-4-2)13-24(22-18)16-8-6-5-7-9-16/h5-9,11-13,17H,3-4,10,20H2,1-2H3. The van der Waals surface area contributed by atoms with E-state index in [2.05, 4.69) is 5.10 Å². The van der Waals surface area contributed by atoms with Crippen LogP contribution in [-0.2, 0) is 22.5 Å². The topological polar surface area (TPSA) is 88.0 Å². The number of para-hydroxylation sites is 1. The second-order valence-corrected chi connectivity index (χ2v) is 5.93. The molecule has 0 radical (unpaired) electrons. The molecule has 1 unspecified atom stereocenters.